The Kier molecular flexibility index (Phi) is 8.21. The summed E-state index contributed by atoms with van der Waals surface area (Å²) in [4.78, 5) is 10.8. The van der Waals surface area contributed by atoms with Gasteiger partial charge in [-0.3, -0.25) is 4.98 Å². The van der Waals surface area contributed by atoms with Crippen LogP contribution in [0.2, 0.25) is 0 Å². The Morgan fingerprint density at radius 2 is 1.31 bits per heavy atom. The Hall–Kier alpha value is -1.12. The molecule has 0 aromatic carbocycles. The number of nitrogens with zero attached hydrogens (tertiary/aromatic N) is 1. The topological polar surface area (TPSA) is 40.6 Å². The Balaban J connectivity index is 0.000000223. The first kappa shape index (κ1) is 11.9. The van der Waals surface area contributed by atoms with Gasteiger partial charge in [0.25, 0.3) is 0 Å². The molecule has 8 heteroatoms. The van der Waals surface area contributed by atoms with E-state index in [0.717, 1.165) is 0 Å². The van der Waals surface area contributed by atoms with Crippen LogP contribution in [0.3, 0.4) is 0 Å². The van der Waals surface area contributed by atoms with Crippen molar-refractivity contribution in [1.29, 1.82) is 0 Å². The van der Waals surface area contributed by atoms with E-state index >= 15 is 0 Å². The van der Waals surface area contributed by atoms with E-state index in [1.807, 2.05) is 18.2 Å². The summed E-state index contributed by atoms with van der Waals surface area (Å²) in [6.45, 7) is 0. The Morgan fingerprint density at radius 1 is 0.846 bits per heavy atom. The van der Waals surface area contributed by atoms with E-state index in [1.165, 1.54) is 0 Å². The predicted molar refractivity (Wildman–Crippen MR) is 36.6 cm³/mol. The molecule has 0 saturated carbocycles. The second-order valence-electron chi connectivity index (χ2n) is 1.58. The van der Waals surface area contributed by atoms with Gasteiger partial charge in [-0.15, -0.1) is 0 Å². The van der Waals surface area contributed by atoms with Crippen LogP contribution in [0.25, 0.3) is 0 Å². The minimum Gasteiger partial charge on any atom is -0.265 e. The third kappa shape index (κ3) is 7.25. The lowest BCUT2D eigenvalue weighted by molar-refractivity contribution is -0.190. The molecule has 0 aliphatic heterocycles. The standard InChI is InChI=1S/C5H5N.BF3O3/c1-2-4-6-5-3-1;2-5-1(6-3)7-4/h1-5H;. The first-order chi connectivity index (χ1) is 6.35. The molecule has 0 aliphatic carbocycles. The maximum atomic E-state index is 10.4. The van der Waals surface area contributed by atoms with E-state index in [2.05, 4.69) is 19.6 Å². The molecule has 4 nitrogen and oxygen atoms in total. The lowest BCUT2D eigenvalue weighted by atomic mass is 10.3. The van der Waals surface area contributed by atoms with Gasteiger partial charge in [0.05, 0.1) is 0 Å². The molecule has 0 N–H and O–H groups in total. The fraction of sp³-hybridized carbons (Fsp3) is 0. The molecule has 0 aliphatic rings. The highest BCUT2D eigenvalue weighted by atomic mass is 19.3. The summed E-state index contributed by atoms with van der Waals surface area (Å²) in [5.41, 5.74) is 0. The summed E-state index contributed by atoms with van der Waals surface area (Å²) in [5, 5.41) is 0. The van der Waals surface area contributed by atoms with Gasteiger partial charge in [0.15, 0.2) is 0 Å². The molecule has 0 fully saturated rings. The van der Waals surface area contributed by atoms with Crippen molar-refractivity contribution in [2.24, 2.45) is 0 Å². The fourth-order valence-electron chi connectivity index (χ4n) is 0.354. The quantitative estimate of drug-likeness (QED) is 0.688. The van der Waals surface area contributed by atoms with Crippen LogP contribution in [0.15, 0.2) is 30.6 Å². The third-order valence-corrected chi connectivity index (χ3v) is 0.785. The maximum absolute atomic E-state index is 10.4. The molecule has 0 bridgehead atoms. The Bertz CT molecular complexity index is 157. The van der Waals surface area contributed by atoms with Crippen LogP contribution in [0, 0.1) is 0 Å². The van der Waals surface area contributed by atoms with E-state index < -0.39 is 7.32 Å². The second kappa shape index (κ2) is 8.98. The number of hydrogen-bond donors (Lipinski definition) is 0. The third-order valence-electron chi connectivity index (χ3n) is 0.785. The van der Waals surface area contributed by atoms with Crippen molar-refractivity contribution in [2.45, 2.75) is 0 Å². The van der Waals surface area contributed by atoms with Crippen LogP contribution in [-0.4, -0.2) is 12.3 Å². The molecule has 1 heterocycles. The first-order valence-corrected chi connectivity index (χ1v) is 3.02. The Labute approximate surface area is 72.1 Å². The highest BCUT2D eigenvalue weighted by molar-refractivity contribution is 6.35. The smallest absolute Gasteiger partial charge is 0.265 e. The average Bonchev–Trinajstić information content (AvgIpc) is 2.24. The lowest BCUT2D eigenvalue weighted by Gasteiger charge is -1.88. The van der Waals surface area contributed by atoms with Gasteiger partial charge in [0.2, 0.25) is 0 Å². The van der Waals surface area contributed by atoms with Crippen LogP contribution in [0.1, 0.15) is 0 Å². The fourth-order valence-corrected chi connectivity index (χ4v) is 0.354. The molecule has 0 radical (unpaired) electrons. The summed E-state index contributed by atoms with van der Waals surface area (Å²) in [6, 6.07) is 5.72. The van der Waals surface area contributed by atoms with E-state index in [4.69, 9.17) is 0 Å². The highest BCUT2D eigenvalue weighted by Crippen LogP contribution is 1.92. The average molecular weight is 195 g/mol. The highest BCUT2D eigenvalue weighted by Gasteiger charge is 2.24. The molecule has 72 valence electrons. The first-order valence-electron chi connectivity index (χ1n) is 3.02. The molecular formula is C5H5BF3NO3. The van der Waals surface area contributed by atoms with Gasteiger partial charge in [-0.2, -0.15) is 14.6 Å². The van der Waals surface area contributed by atoms with Crippen molar-refractivity contribution in [1.82, 2.24) is 4.98 Å². The van der Waals surface area contributed by atoms with Gasteiger partial charge >= 0.3 is 7.32 Å². The largest absolute Gasteiger partial charge is 0.737 e. The van der Waals surface area contributed by atoms with E-state index in [1.54, 1.807) is 12.4 Å². The summed E-state index contributed by atoms with van der Waals surface area (Å²) < 4.78 is 31.3. The predicted octanol–water partition coefficient (Wildman–Crippen LogP) is 1.76. The number of hydrogen-bond acceptors (Lipinski definition) is 4. The summed E-state index contributed by atoms with van der Waals surface area (Å²) in [6.07, 6.45) is 3.50. The molecule has 0 saturated heterocycles. The van der Waals surface area contributed by atoms with Crippen molar-refractivity contribution in [3.05, 3.63) is 30.6 Å². The van der Waals surface area contributed by atoms with Gasteiger partial charge in [-0.05, 0) is 12.1 Å². The van der Waals surface area contributed by atoms with Crippen LogP contribution in [0.5, 0.6) is 0 Å². The van der Waals surface area contributed by atoms with Gasteiger partial charge in [-0.25, -0.2) is 0 Å². The van der Waals surface area contributed by atoms with Gasteiger partial charge in [-0.1, -0.05) is 19.6 Å². The van der Waals surface area contributed by atoms with E-state index in [9.17, 15) is 13.6 Å². The zero-order chi connectivity index (χ0) is 9.94. The number of halogens is 3. The van der Waals surface area contributed by atoms with E-state index in [-0.39, 0.29) is 0 Å². The van der Waals surface area contributed by atoms with E-state index in [0.29, 0.717) is 0 Å². The minimum absolute atomic E-state index is 1.75. The molecule has 0 amide bonds. The number of aromatic nitrogens is 1. The van der Waals surface area contributed by atoms with Gasteiger partial charge in [0.1, 0.15) is 0 Å². The zero-order valence-corrected chi connectivity index (χ0v) is 6.27. The zero-order valence-electron chi connectivity index (χ0n) is 6.27. The van der Waals surface area contributed by atoms with Crippen molar-refractivity contribution in [3.8, 4) is 0 Å². The number of rotatable bonds is 3. The normalized spacial score (nSPS) is 8.54. The molecule has 0 atom stereocenters. The molecule has 13 heavy (non-hydrogen) atoms. The Morgan fingerprint density at radius 3 is 1.38 bits per heavy atom. The molecule has 0 unspecified atom stereocenters. The molecular weight excluding hydrogens is 190 g/mol. The molecule has 1 rings (SSSR count). The maximum Gasteiger partial charge on any atom is 0.737 e. The van der Waals surface area contributed by atoms with Crippen LogP contribution in [0.4, 0.5) is 13.6 Å². The second-order valence-corrected chi connectivity index (χ2v) is 1.58. The van der Waals surface area contributed by atoms with Crippen molar-refractivity contribution >= 4 is 7.32 Å². The lowest BCUT2D eigenvalue weighted by Crippen LogP contribution is -2.15. The monoisotopic (exact) mass is 195 g/mol. The van der Waals surface area contributed by atoms with Crippen molar-refractivity contribution < 1.29 is 28.2 Å². The van der Waals surface area contributed by atoms with Crippen molar-refractivity contribution in [3.63, 3.8) is 0 Å². The number of pyridine rings is 1. The van der Waals surface area contributed by atoms with Gasteiger partial charge in [0, 0.05) is 12.4 Å². The molecule has 1 aromatic rings. The van der Waals surface area contributed by atoms with Crippen LogP contribution in [-0.2, 0) is 14.6 Å². The van der Waals surface area contributed by atoms with Crippen molar-refractivity contribution in [2.75, 3.05) is 0 Å². The minimum atomic E-state index is -2.51. The summed E-state index contributed by atoms with van der Waals surface area (Å²) in [5.74, 6) is 0. The van der Waals surface area contributed by atoms with Crippen LogP contribution >= 0.6 is 0 Å². The van der Waals surface area contributed by atoms with Gasteiger partial charge < -0.3 is 0 Å². The molecule has 0 spiro atoms. The summed E-state index contributed by atoms with van der Waals surface area (Å²) in [7, 11) is -2.51. The summed E-state index contributed by atoms with van der Waals surface area (Å²) >= 11 is 0. The SMILES string of the molecule is FOB(OF)OF.c1ccncc1. The molecule has 1 aromatic heterocycles. The van der Waals surface area contributed by atoms with Crippen LogP contribution < -0.4 is 0 Å².